The summed E-state index contributed by atoms with van der Waals surface area (Å²) in [4.78, 5) is 60.3. The van der Waals surface area contributed by atoms with E-state index < -0.39 is 42.0 Å². The zero-order chi connectivity index (χ0) is 29.8. The van der Waals surface area contributed by atoms with Gasteiger partial charge in [-0.25, -0.2) is 4.98 Å². The highest BCUT2D eigenvalue weighted by atomic mass is 16.3. The van der Waals surface area contributed by atoms with Crippen molar-refractivity contribution in [2.75, 3.05) is 6.54 Å². The molecule has 1 aliphatic heterocycles. The number of aromatic nitrogens is 2. The molecule has 3 heterocycles. The standard InChI is InChI=1S/C29H42N6O6/c1-18(2)15-22-29-34-23(17-41-29)26(38)31-14-7-6-11-21(27(39)35-25(19(3)36)28(40)33-22)32-24(37)12-5-4-9-20-10-8-13-30-16-20/h8,10,13,16-19,21-22,25,36H,4-7,9,11-12,14-15H2,1-3H3,(H,31,38)(H,32,37)(H,33,40)(H,35,39)/t19-,21+,22+,25+/m1/s1. The van der Waals surface area contributed by atoms with E-state index in [1.807, 2.05) is 26.0 Å². The van der Waals surface area contributed by atoms with Crippen molar-refractivity contribution in [2.45, 2.75) is 96.4 Å². The van der Waals surface area contributed by atoms with E-state index >= 15 is 0 Å². The summed E-state index contributed by atoms with van der Waals surface area (Å²) in [7, 11) is 0. The van der Waals surface area contributed by atoms with Crippen LogP contribution in [0.3, 0.4) is 0 Å². The SMILES string of the molecule is CC(C)C[C@@H]1NC(=O)[C@H]([C@@H](C)O)NC(=O)[C@@H](NC(=O)CCCCc2cccnc2)CCCCNC(=O)c2coc1n2. The first kappa shape index (κ1) is 31.7. The lowest BCUT2D eigenvalue weighted by Crippen LogP contribution is -2.57. The van der Waals surface area contributed by atoms with Crippen molar-refractivity contribution < 1.29 is 28.7 Å². The van der Waals surface area contributed by atoms with Gasteiger partial charge in [0.25, 0.3) is 5.91 Å². The number of rotatable bonds is 9. The van der Waals surface area contributed by atoms with E-state index in [-0.39, 0.29) is 29.8 Å². The Kier molecular flexibility index (Phi) is 12.3. The van der Waals surface area contributed by atoms with Gasteiger partial charge in [0.2, 0.25) is 23.6 Å². The van der Waals surface area contributed by atoms with Gasteiger partial charge < -0.3 is 30.8 Å². The summed E-state index contributed by atoms with van der Waals surface area (Å²) in [5, 5.41) is 21.4. The van der Waals surface area contributed by atoms with Gasteiger partial charge in [0, 0.05) is 25.4 Å². The normalized spacial score (nSPS) is 21.5. The van der Waals surface area contributed by atoms with Crippen molar-refractivity contribution >= 4 is 23.6 Å². The third kappa shape index (κ3) is 10.3. The molecule has 4 amide bonds. The van der Waals surface area contributed by atoms with Gasteiger partial charge in [0.05, 0.1) is 6.10 Å². The average molecular weight is 571 g/mol. The summed E-state index contributed by atoms with van der Waals surface area (Å²) >= 11 is 0. The second-order valence-electron chi connectivity index (χ2n) is 10.9. The van der Waals surface area contributed by atoms with E-state index in [0.29, 0.717) is 38.6 Å². The first-order valence-corrected chi connectivity index (χ1v) is 14.3. The number of oxazole rings is 1. The zero-order valence-corrected chi connectivity index (χ0v) is 24.0. The topological polar surface area (TPSA) is 176 Å². The van der Waals surface area contributed by atoms with Crippen molar-refractivity contribution in [2.24, 2.45) is 5.92 Å². The molecule has 0 radical (unpaired) electrons. The van der Waals surface area contributed by atoms with Gasteiger partial charge in [-0.15, -0.1) is 0 Å². The molecule has 41 heavy (non-hydrogen) atoms. The van der Waals surface area contributed by atoms with Crippen LogP contribution in [0.25, 0.3) is 0 Å². The van der Waals surface area contributed by atoms with Crippen LogP contribution < -0.4 is 21.3 Å². The van der Waals surface area contributed by atoms with Gasteiger partial charge >= 0.3 is 0 Å². The highest BCUT2D eigenvalue weighted by Crippen LogP contribution is 2.21. The largest absolute Gasteiger partial charge is 0.446 e. The molecule has 0 spiro atoms. The van der Waals surface area contributed by atoms with Gasteiger partial charge in [-0.05, 0) is 69.4 Å². The number of hydrogen-bond acceptors (Lipinski definition) is 8. The van der Waals surface area contributed by atoms with Crippen LogP contribution in [0.5, 0.6) is 0 Å². The number of carbonyl (C=O) groups is 4. The molecule has 0 unspecified atom stereocenters. The van der Waals surface area contributed by atoms with Crippen molar-refractivity contribution in [3.8, 4) is 0 Å². The summed E-state index contributed by atoms with van der Waals surface area (Å²) in [5.41, 5.74) is 1.20. The molecule has 4 atom stereocenters. The molecule has 5 N–H and O–H groups in total. The number of aliphatic hydroxyl groups is 1. The molecule has 2 aromatic rings. The predicted octanol–water partition coefficient (Wildman–Crippen LogP) is 1.95. The Balaban J connectivity index is 1.70. The molecule has 3 rings (SSSR count). The summed E-state index contributed by atoms with van der Waals surface area (Å²) < 4.78 is 5.53. The Bertz CT molecular complexity index is 1150. The number of fused-ring (bicyclic) bond motifs is 2. The summed E-state index contributed by atoms with van der Waals surface area (Å²) in [6.45, 7) is 5.67. The molecule has 2 aromatic heterocycles. The third-order valence-electron chi connectivity index (χ3n) is 6.84. The van der Waals surface area contributed by atoms with Crippen molar-refractivity contribution in [3.63, 3.8) is 0 Å². The fourth-order valence-corrected chi connectivity index (χ4v) is 4.63. The number of nitrogens with zero attached hydrogens (tertiary/aromatic N) is 2. The van der Waals surface area contributed by atoms with Crippen molar-refractivity contribution in [1.29, 1.82) is 0 Å². The number of aryl methyl sites for hydroxylation is 1. The summed E-state index contributed by atoms with van der Waals surface area (Å²) in [5.74, 6) is -1.57. The van der Waals surface area contributed by atoms with E-state index in [4.69, 9.17) is 4.42 Å². The Hall–Kier alpha value is -3.80. The van der Waals surface area contributed by atoms with Crippen LogP contribution >= 0.6 is 0 Å². The van der Waals surface area contributed by atoms with Crippen LogP contribution in [0.4, 0.5) is 0 Å². The molecule has 2 bridgehead atoms. The Morgan fingerprint density at radius 3 is 2.66 bits per heavy atom. The minimum absolute atomic E-state index is 0.101. The maximum absolute atomic E-state index is 13.3. The molecule has 0 aliphatic carbocycles. The minimum atomic E-state index is -1.28. The predicted molar refractivity (Wildman–Crippen MR) is 150 cm³/mol. The number of nitrogens with one attached hydrogen (secondary N) is 4. The van der Waals surface area contributed by atoms with Gasteiger partial charge in [-0.3, -0.25) is 24.2 Å². The smallest absolute Gasteiger partial charge is 0.273 e. The zero-order valence-electron chi connectivity index (χ0n) is 24.0. The lowest BCUT2D eigenvalue weighted by atomic mass is 10.0. The van der Waals surface area contributed by atoms with Crippen LogP contribution in [0.15, 0.2) is 35.2 Å². The van der Waals surface area contributed by atoms with E-state index in [2.05, 4.69) is 31.2 Å². The third-order valence-corrected chi connectivity index (χ3v) is 6.84. The molecule has 1 aliphatic rings. The Labute approximate surface area is 240 Å². The van der Waals surface area contributed by atoms with Gasteiger partial charge in [-0.1, -0.05) is 19.9 Å². The second-order valence-corrected chi connectivity index (χ2v) is 10.9. The second kappa shape index (κ2) is 15.8. The lowest BCUT2D eigenvalue weighted by Gasteiger charge is -2.27. The van der Waals surface area contributed by atoms with Crippen LogP contribution in [0, 0.1) is 5.92 Å². The first-order valence-electron chi connectivity index (χ1n) is 14.3. The molecular weight excluding hydrogens is 528 g/mol. The molecule has 12 nitrogen and oxygen atoms in total. The summed E-state index contributed by atoms with van der Waals surface area (Å²) in [6.07, 6.45) is 7.84. The molecule has 12 heteroatoms. The maximum Gasteiger partial charge on any atom is 0.273 e. The molecule has 0 saturated carbocycles. The van der Waals surface area contributed by atoms with Crippen LogP contribution in [-0.4, -0.2) is 63.4 Å². The first-order chi connectivity index (χ1) is 19.6. The van der Waals surface area contributed by atoms with Gasteiger partial charge in [0.15, 0.2) is 5.69 Å². The van der Waals surface area contributed by atoms with E-state index in [1.54, 1.807) is 12.4 Å². The monoisotopic (exact) mass is 570 g/mol. The Morgan fingerprint density at radius 2 is 1.95 bits per heavy atom. The lowest BCUT2D eigenvalue weighted by molar-refractivity contribution is -0.134. The van der Waals surface area contributed by atoms with Crippen LogP contribution in [0.1, 0.15) is 93.7 Å². The summed E-state index contributed by atoms with van der Waals surface area (Å²) in [6, 6.07) is 0.994. The minimum Gasteiger partial charge on any atom is -0.446 e. The highest BCUT2D eigenvalue weighted by Gasteiger charge is 2.32. The quantitative estimate of drug-likeness (QED) is 0.284. The molecule has 0 saturated heterocycles. The Morgan fingerprint density at radius 1 is 1.15 bits per heavy atom. The number of aliphatic hydroxyl groups excluding tert-OH is 1. The number of hydrogen-bond donors (Lipinski definition) is 5. The van der Waals surface area contributed by atoms with Crippen molar-refractivity contribution in [3.05, 3.63) is 47.9 Å². The van der Waals surface area contributed by atoms with Crippen LogP contribution in [0.2, 0.25) is 0 Å². The molecule has 0 fully saturated rings. The number of carbonyl (C=O) groups excluding carboxylic acids is 4. The van der Waals surface area contributed by atoms with Crippen LogP contribution in [-0.2, 0) is 20.8 Å². The fourth-order valence-electron chi connectivity index (χ4n) is 4.63. The van der Waals surface area contributed by atoms with Gasteiger partial charge in [-0.2, -0.15) is 0 Å². The molecular formula is C29H42N6O6. The van der Waals surface area contributed by atoms with E-state index in [1.165, 1.54) is 13.2 Å². The number of unbranched alkanes of at least 4 members (excludes halogenated alkanes) is 1. The fraction of sp³-hybridized carbons (Fsp3) is 0.586. The van der Waals surface area contributed by atoms with E-state index in [0.717, 1.165) is 18.4 Å². The molecule has 224 valence electrons. The number of pyridine rings is 1. The number of amides is 4. The average Bonchev–Trinajstić information content (AvgIpc) is 3.43. The molecule has 0 aromatic carbocycles. The highest BCUT2D eigenvalue weighted by molar-refractivity contribution is 5.93. The van der Waals surface area contributed by atoms with E-state index in [9.17, 15) is 24.3 Å². The van der Waals surface area contributed by atoms with Crippen molar-refractivity contribution in [1.82, 2.24) is 31.2 Å². The maximum atomic E-state index is 13.3. The van der Waals surface area contributed by atoms with Gasteiger partial charge in [0.1, 0.15) is 24.4 Å².